The number of nitrogens with zero attached hydrogens (tertiary/aromatic N) is 5. The van der Waals surface area contributed by atoms with Crippen molar-refractivity contribution in [2.75, 3.05) is 13.6 Å². The fraction of sp³-hybridized carbons (Fsp3) is 0.368. The predicted octanol–water partition coefficient (Wildman–Crippen LogP) is 2.09. The van der Waals surface area contributed by atoms with Gasteiger partial charge in [0.15, 0.2) is 11.8 Å². The molecule has 3 rings (SSSR count). The topological polar surface area (TPSA) is 93.2 Å². The fourth-order valence-corrected chi connectivity index (χ4v) is 2.87. The van der Waals surface area contributed by atoms with Gasteiger partial charge in [-0.2, -0.15) is 10.1 Å². The largest absolute Gasteiger partial charge is 0.356 e. The van der Waals surface area contributed by atoms with Crippen molar-refractivity contribution in [2.45, 2.75) is 33.7 Å². The summed E-state index contributed by atoms with van der Waals surface area (Å²) in [5.41, 5.74) is 4.31. The second-order valence-corrected chi connectivity index (χ2v) is 6.31. The van der Waals surface area contributed by atoms with Gasteiger partial charge in [-0.3, -0.25) is 4.99 Å². The number of hydrogen-bond donors (Lipinski definition) is 2. The third-order valence-corrected chi connectivity index (χ3v) is 4.10. The molecule has 0 atom stereocenters. The first kappa shape index (κ1) is 18.6. The minimum absolute atomic E-state index is 0.616. The summed E-state index contributed by atoms with van der Waals surface area (Å²) in [4.78, 5) is 8.46. The van der Waals surface area contributed by atoms with Crippen LogP contribution in [-0.2, 0) is 13.0 Å². The Morgan fingerprint density at radius 1 is 1.19 bits per heavy atom. The number of aryl methyl sites for hydroxylation is 3. The first-order chi connectivity index (χ1) is 13.1. The van der Waals surface area contributed by atoms with Crippen molar-refractivity contribution in [1.29, 1.82) is 0 Å². The van der Waals surface area contributed by atoms with Gasteiger partial charge in [0, 0.05) is 32.3 Å². The Bertz CT molecular complexity index is 926. The number of hydrogen-bond acceptors (Lipinski definition) is 5. The molecule has 0 spiro atoms. The molecule has 0 aliphatic rings. The van der Waals surface area contributed by atoms with E-state index < -0.39 is 0 Å². The molecule has 0 radical (unpaired) electrons. The number of nitrogens with one attached hydrogen (secondary N) is 2. The Hall–Kier alpha value is -3.16. The van der Waals surface area contributed by atoms with Crippen LogP contribution in [0.5, 0.6) is 0 Å². The third-order valence-electron chi connectivity index (χ3n) is 4.10. The molecule has 0 aliphatic heterocycles. The van der Waals surface area contributed by atoms with Crippen LogP contribution in [0.3, 0.4) is 0 Å². The zero-order valence-corrected chi connectivity index (χ0v) is 16.2. The van der Waals surface area contributed by atoms with E-state index in [0.717, 1.165) is 28.6 Å². The molecule has 2 heterocycles. The predicted molar refractivity (Wildman–Crippen MR) is 104 cm³/mol. The monoisotopic (exact) mass is 367 g/mol. The lowest BCUT2D eigenvalue weighted by atomic mass is 10.1. The summed E-state index contributed by atoms with van der Waals surface area (Å²) in [5, 5.41) is 15.0. The summed E-state index contributed by atoms with van der Waals surface area (Å²) in [6.07, 6.45) is 0.643. The van der Waals surface area contributed by atoms with Crippen LogP contribution in [-0.4, -0.2) is 39.5 Å². The van der Waals surface area contributed by atoms with Crippen LogP contribution >= 0.6 is 0 Å². The van der Waals surface area contributed by atoms with Crippen LogP contribution in [0, 0.1) is 20.8 Å². The van der Waals surface area contributed by atoms with Crippen molar-refractivity contribution in [3.63, 3.8) is 0 Å². The molecule has 2 N–H and O–H groups in total. The van der Waals surface area contributed by atoms with Crippen molar-refractivity contribution >= 4 is 5.96 Å². The Labute approximate surface area is 158 Å². The lowest BCUT2D eigenvalue weighted by Crippen LogP contribution is -2.38. The summed E-state index contributed by atoms with van der Waals surface area (Å²) in [6, 6.07) is 10.3. The van der Waals surface area contributed by atoms with Gasteiger partial charge >= 0.3 is 0 Å². The molecule has 2 aromatic heterocycles. The molecule has 8 nitrogen and oxygen atoms in total. The maximum atomic E-state index is 5.12. The maximum Gasteiger partial charge on any atom is 0.228 e. The van der Waals surface area contributed by atoms with E-state index in [4.69, 9.17) is 4.52 Å². The molecular weight excluding hydrogens is 342 g/mol. The SMILES string of the molecule is CN=C(NCCc1nc(C)no1)NCc1ccccc1-n1nc(C)cc1C. The molecule has 8 heteroatoms. The van der Waals surface area contributed by atoms with Crippen LogP contribution in [0.4, 0.5) is 0 Å². The first-order valence-electron chi connectivity index (χ1n) is 8.92. The van der Waals surface area contributed by atoms with Crippen LogP contribution in [0.15, 0.2) is 39.8 Å². The Morgan fingerprint density at radius 3 is 2.67 bits per heavy atom. The van der Waals surface area contributed by atoms with E-state index in [9.17, 15) is 0 Å². The molecule has 0 saturated carbocycles. The van der Waals surface area contributed by atoms with Gasteiger partial charge < -0.3 is 15.2 Å². The minimum Gasteiger partial charge on any atom is -0.356 e. The van der Waals surface area contributed by atoms with E-state index in [0.29, 0.717) is 31.2 Å². The quantitative estimate of drug-likeness (QED) is 0.512. The summed E-state index contributed by atoms with van der Waals surface area (Å²) < 4.78 is 7.09. The molecule has 1 aromatic carbocycles. The number of aliphatic imine (C=N–C) groups is 1. The average molecular weight is 367 g/mol. The second-order valence-electron chi connectivity index (χ2n) is 6.31. The van der Waals surface area contributed by atoms with Gasteiger partial charge in [0.1, 0.15) is 0 Å². The highest BCUT2D eigenvalue weighted by Crippen LogP contribution is 2.16. The van der Waals surface area contributed by atoms with Gasteiger partial charge in [-0.05, 0) is 38.5 Å². The summed E-state index contributed by atoms with van der Waals surface area (Å²) in [6.45, 7) is 7.15. The van der Waals surface area contributed by atoms with Crippen molar-refractivity contribution in [2.24, 2.45) is 4.99 Å². The Morgan fingerprint density at radius 2 is 2.00 bits per heavy atom. The third kappa shape index (κ3) is 4.72. The second kappa shape index (κ2) is 8.48. The number of rotatable bonds is 6. The van der Waals surface area contributed by atoms with Gasteiger partial charge in [0.2, 0.25) is 5.89 Å². The highest BCUT2D eigenvalue weighted by Gasteiger charge is 2.09. The number of para-hydroxylation sites is 1. The standard InChI is InChI=1S/C19H25N7O/c1-13-11-14(2)26(24-13)17-8-6-5-7-16(17)12-22-19(20-4)21-10-9-18-23-15(3)25-27-18/h5-8,11H,9-10,12H2,1-4H3,(H2,20,21,22). The Balaban J connectivity index is 1.61. The lowest BCUT2D eigenvalue weighted by molar-refractivity contribution is 0.374. The summed E-state index contributed by atoms with van der Waals surface area (Å²) in [5.74, 6) is 1.98. The molecule has 0 amide bonds. The molecule has 142 valence electrons. The van der Waals surface area contributed by atoms with E-state index in [1.54, 1.807) is 14.0 Å². The van der Waals surface area contributed by atoms with E-state index in [1.165, 1.54) is 0 Å². The molecular formula is C19H25N7O. The van der Waals surface area contributed by atoms with Gasteiger partial charge in [0.25, 0.3) is 0 Å². The normalized spacial score (nSPS) is 11.6. The van der Waals surface area contributed by atoms with Crippen LogP contribution in [0.2, 0.25) is 0 Å². The van der Waals surface area contributed by atoms with E-state index >= 15 is 0 Å². The van der Waals surface area contributed by atoms with Crippen LogP contribution in [0.25, 0.3) is 5.69 Å². The zero-order valence-electron chi connectivity index (χ0n) is 16.2. The molecule has 3 aromatic rings. The lowest BCUT2D eigenvalue weighted by Gasteiger charge is -2.14. The Kier molecular flexibility index (Phi) is 5.85. The first-order valence-corrected chi connectivity index (χ1v) is 8.92. The van der Waals surface area contributed by atoms with Gasteiger partial charge in [-0.1, -0.05) is 23.4 Å². The summed E-state index contributed by atoms with van der Waals surface area (Å²) in [7, 11) is 1.75. The van der Waals surface area contributed by atoms with Gasteiger partial charge in [-0.25, -0.2) is 4.68 Å². The van der Waals surface area contributed by atoms with Crippen molar-refractivity contribution in [3.05, 3.63) is 59.0 Å². The van der Waals surface area contributed by atoms with E-state index in [1.807, 2.05) is 23.7 Å². The molecule has 0 unspecified atom stereocenters. The molecule has 0 aliphatic carbocycles. The van der Waals surface area contributed by atoms with Crippen molar-refractivity contribution < 1.29 is 4.52 Å². The molecule has 27 heavy (non-hydrogen) atoms. The van der Waals surface area contributed by atoms with Gasteiger partial charge in [0.05, 0.1) is 11.4 Å². The van der Waals surface area contributed by atoms with Crippen molar-refractivity contribution in [1.82, 2.24) is 30.6 Å². The van der Waals surface area contributed by atoms with E-state index in [-0.39, 0.29) is 0 Å². The van der Waals surface area contributed by atoms with Crippen molar-refractivity contribution in [3.8, 4) is 5.69 Å². The van der Waals surface area contributed by atoms with E-state index in [2.05, 4.69) is 56.0 Å². The molecule has 0 saturated heterocycles. The maximum absolute atomic E-state index is 5.12. The highest BCUT2D eigenvalue weighted by atomic mass is 16.5. The molecule has 0 bridgehead atoms. The minimum atomic E-state index is 0.616. The highest BCUT2D eigenvalue weighted by molar-refractivity contribution is 5.79. The average Bonchev–Trinajstić information content (AvgIpc) is 3.22. The number of guanidine groups is 1. The van der Waals surface area contributed by atoms with Crippen LogP contribution < -0.4 is 10.6 Å². The van der Waals surface area contributed by atoms with Gasteiger partial charge in [-0.15, -0.1) is 0 Å². The fourth-order valence-electron chi connectivity index (χ4n) is 2.87. The molecule has 0 fully saturated rings. The zero-order chi connectivity index (χ0) is 19.2. The number of aromatic nitrogens is 4. The summed E-state index contributed by atoms with van der Waals surface area (Å²) >= 11 is 0. The smallest absolute Gasteiger partial charge is 0.228 e. The number of benzene rings is 1. The van der Waals surface area contributed by atoms with Crippen LogP contribution in [0.1, 0.15) is 28.7 Å².